The summed E-state index contributed by atoms with van der Waals surface area (Å²) in [5.41, 5.74) is 1.47. The van der Waals surface area contributed by atoms with Gasteiger partial charge in [-0.1, -0.05) is 23.7 Å². The Morgan fingerprint density at radius 1 is 1.18 bits per heavy atom. The first-order valence-corrected chi connectivity index (χ1v) is 6.79. The Labute approximate surface area is 132 Å². The lowest BCUT2D eigenvalue weighted by Gasteiger charge is -2.12. The van der Waals surface area contributed by atoms with Gasteiger partial charge in [-0.2, -0.15) is 0 Å². The molecule has 2 rings (SSSR count). The Balaban J connectivity index is 2.32. The van der Waals surface area contributed by atoms with Crippen molar-refractivity contribution in [3.8, 4) is 5.75 Å². The van der Waals surface area contributed by atoms with E-state index < -0.39 is 5.97 Å². The Bertz CT molecular complexity index is 743. The fourth-order valence-corrected chi connectivity index (χ4v) is 2.27. The largest absolute Gasteiger partial charge is 0.496 e. The summed E-state index contributed by atoms with van der Waals surface area (Å²) in [6.45, 7) is 1.83. The van der Waals surface area contributed by atoms with Crippen molar-refractivity contribution in [2.24, 2.45) is 0 Å². The molecule has 5 nitrogen and oxygen atoms in total. The molecule has 0 aromatic heterocycles. The first kappa shape index (κ1) is 15.9. The van der Waals surface area contributed by atoms with Gasteiger partial charge in [0.2, 0.25) is 0 Å². The van der Waals surface area contributed by atoms with E-state index in [4.69, 9.17) is 21.4 Å². The van der Waals surface area contributed by atoms with Crippen molar-refractivity contribution in [3.63, 3.8) is 0 Å². The highest BCUT2D eigenvalue weighted by Crippen LogP contribution is 2.25. The van der Waals surface area contributed by atoms with Gasteiger partial charge < -0.3 is 15.2 Å². The van der Waals surface area contributed by atoms with Crippen LogP contribution in [0.15, 0.2) is 36.4 Å². The van der Waals surface area contributed by atoms with E-state index in [0.29, 0.717) is 17.0 Å². The lowest BCUT2D eigenvalue weighted by Crippen LogP contribution is -2.14. The van der Waals surface area contributed by atoms with Crippen molar-refractivity contribution >= 4 is 29.2 Å². The van der Waals surface area contributed by atoms with Crippen molar-refractivity contribution in [2.75, 3.05) is 12.4 Å². The van der Waals surface area contributed by atoms with Gasteiger partial charge in [0.15, 0.2) is 0 Å². The third-order valence-electron chi connectivity index (χ3n) is 3.12. The minimum absolute atomic E-state index is 0.0735. The number of carboxylic acid groups (broad SMARTS) is 1. The Morgan fingerprint density at radius 3 is 2.55 bits per heavy atom. The van der Waals surface area contributed by atoms with E-state index in [0.717, 1.165) is 5.56 Å². The third-order valence-corrected chi connectivity index (χ3v) is 3.44. The maximum absolute atomic E-state index is 12.3. The molecule has 2 aromatic carbocycles. The normalized spacial score (nSPS) is 10.1. The quantitative estimate of drug-likeness (QED) is 0.902. The molecule has 0 saturated heterocycles. The SMILES string of the molecule is COc1c(C)cccc1C(=O)Nc1ccc(Cl)c(C(=O)O)c1. The number of hydrogen-bond acceptors (Lipinski definition) is 3. The van der Waals surface area contributed by atoms with Crippen LogP contribution in [0.1, 0.15) is 26.3 Å². The van der Waals surface area contributed by atoms with E-state index in [1.165, 1.54) is 25.3 Å². The molecule has 0 aliphatic rings. The molecule has 0 bridgehead atoms. The van der Waals surface area contributed by atoms with E-state index in [9.17, 15) is 9.59 Å². The highest BCUT2D eigenvalue weighted by atomic mass is 35.5. The molecule has 6 heteroatoms. The zero-order valence-electron chi connectivity index (χ0n) is 12.0. The Hall–Kier alpha value is -2.53. The second-order valence-electron chi connectivity index (χ2n) is 4.61. The molecule has 2 aromatic rings. The van der Waals surface area contributed by atoms with Crippen molar-refractivity contribution < 1.29 is 19.4 Å². The highest BCUT2D eigenvalue weighted by Gasteiger charge is 2.15. The van der Waals surface area contributed by atoms with Gasteiger partial charge in [0, 0.05) is 5.69 Å². The lowest BCUT2D eigenvalue weighted by atomic mass is 10.1. The number of anilines is 1. The minimum atomic E-state index is -1.16. The van der Waals surface area contributed by atoms with E-state index in [1.807, 2.05) is 13.0 Å². The van der Waals surface area contributed by atoms with Crippen LogP contribution in [0.5, 0.6) is 5.75 Å². The van der Waals surface area contributed by atoms with Crippen LogP contribution in [0.4, 0.5) is 5.69 Å². The number of amides is 1. The summed E-state index contributed by atoms with van der Waals surface area (Å²) in [7, 11) is 1.49. The summed E-state index contributed by atoms with van der Waals surface area (Å²) in [5, 5.41) is 11.8. The number of rotatable bonds is 4. The van der Waals surface area contributed by atoms with Gasteiger partial charge in [-0.05, 0) is 36.8 Å². The number of methoxy groups -OCH3 is 1. The first-order valence-electron chi connectivity index (χ1n) is 6.42. The topological polar surface area (TPSA) is 75.6 Å². The van der Waals surface area contributed by atoms with Crippen molar-refractivity contribution in [1.29, 1.82) is 0 Å². The number of benzene rings is 2. The number of ether oxygens (including phenoxy) is 1. The van der Waals surface area contributed by atoms with E-state index in [-0.39, 0.29) is 16.5 Å². The molecule has 2 N–H and O–H groups in total. The fourth-order valence-electron chi connectivity index (χ4n) is 2.07. The number of aryl methyl sites for hydroxylation is 1. The van der Waals surface area contributed by atoms with Gasteiger partial charge in [-0.3, -0.25) is 4.79 Å². The molecule has 1 amide bonds. The number of hydrogen-bond donors (Lipinski definition) is 2. The predicted molar refractivity (Wildman–Crippen MR) is 84.1 cm³/mol. The summed E-state index contributed by atoms with van der Waals surface area (Å²) in [5.74, 6) is -1.07. The van der Waals surface area contributed by atoms with Crippen LogP contribution in [0.2, 0.25) is 5.02 Å². The Kier molecular flexibility index (Phi) is 4.68. The maximum atomic E-state index is 12.3. The predicted octanol–water partition coefficient (Wildman–Crippen LogP) is 3.61. The van der Waals surface area contributed by atoms with Crippen molar-refractivity contribution in [3.05, 3.63) is 58.1 Å². The van der Waals surface area contributed by atoms with Crippen LogP contribution in [0, 0.1) is 6.92 Å². The molecule has 0 aliphatic carbocycles. The van der Waals surface area contributed by atoms with E-state index >= 15 is 0 Å². The van der Waals surface area contributed by atoms with Gasteiger partial charge in [0.05, 0.1) is 23.3 Å². The number of carbonyl (C=O) groups is 2. The molecule has 114 valence electrons. The third kappa shape index (κ3) is 3.20. The molecule has 0 spiro atoms. The molecule has 0 saturated carbocycles. The standard InChI is InChI=1S/C16H14ClNO4/c1-9-4-3-5-11(14(9)22-2)15(19)18-10-6-7-13(17)12(8-10)16(20)21/h3-8H,1-2H3,(H,18,19)(H,20,21). The number of aromatic carboxylic acids is 1. The Morgan fingerprint density at radius 2 is 1.91 bits per heavy atom. The van der Waals surface area contributed by atoms with E-state index in [1.54, 1.807) is 12.1 Å². The van der Waals surface area contributed by atoms with Crippen LogP contribution in [0.25, 0.3) is 0 Å². The molecule has 0 radical (unpaired) electrons. The van der Waals surface area contributed by atoms with Gasteiger partial charge in [-0.25, -0.2) is 4.79 Å². The molecular formula is C16H14ClNO4. The molecule has 0 atom stereocenters. The number of nitrogens with one attached hydrogen (secondary N) is 1. The zero-order valence-corrected chi connectivity index (χ0v) is 12.8. The number of para-hydroxylation sites is 1. The van der Waals surface area contributed by atoms with Gasteiger partial charge in [0.25, 0.3) is 5.91 Å². The second kappa shape index (κ2) is 6.49. The van der Waals surface area contributed by atoms with Gasteiger partial charge >= 0.3 is 5.97 Å². The molecule has 0 aliphatic heterocycles. The molecule has 0 heterocycles. The van der Waals surface area contributed by atoms with Crippen LogP contribution < -0.4 is 10.1 Å². The first-order chi connectivity index (χ1) is 10.4. The van der Waals surface area contributed by atoms with Crippen LogP contribution in [0.3, 0.4) is 0 Å². The number of halogens is 1. The average molecular weight is 320 g/mol. The summed E-state index contributed by atoms with van der Waals surface area (Å²) in [6.07, 6.45) is 0. The van der Waals surface area contributed by atoms with Crippen LogP contribution in [-0.2, 0) is 0 Å². The van der Waals surface area contributed by atoms with Gasteiger partial charge in [-0.15, -0.1) is 0 Å². The molecule has 0 fully saturated rings. The van der Waals surface area contributed by atoms with Crippen molar-refractivity contribution in [1.82, 2.24) is 0 Å². The lowest BCUT2D eigenvalue weighted by molar-refractivity contribution is 0.0696. The highest BCUT2D eigenvalue weighted by molar-refractivity contribution is 6.33. The van der Waals surface area contributed by atoms with Crippen LogP contribution >= 0.6 is 11.6 Å². The number of carboxylic acids is 1. The summed E-state index contributed by atoms with van der Waals surface area (Å²) in [4.78, 5) is 23.4. The van der Waals surface area contributed by atoms with Gasteiger partial charge in [0.1, 0.15) is 5.75 Å². The smallest absolute Gasteiger partial charge is 0.337 e. The summed E-state index contributed by atoms with van der Waals surface area (Å²) < 4.78 is 5.24. The molecule has 22 heavy (non-hydrogen) atoms. The summed E-state index contributed by atoms with van der Waals surface area (Å²) >= 11 is 5.80. The average Bonchev–Trinajstić information content (AvgIpc) is 2.48. The maximum Gasteiger partial charge on any atom is 0.337 e. The fraction of sp³-hybridized carbons (Fsp3) is 0.125. The van der Waals surface area contributed by atoms with Crippen LogP contribution in [-0.4, -0.2) is 24.1 Å². The molecule has 0 unspecified atom stereocenters. The van der Waals surface area contributed by atoms with E-state index in [2.05, 4.69) is 5.32 Å². The second-order valence-corrected chi connectivity index (χ2v) is 5.02. The monoisotopic (exact) mass is 319 g/mol. The summed E-state index contributed by atoms with van der Waals surface area (Å²) in [6, 6.07) is 9.49. The zero-order chi connectivity index (χ0) is 16.3. The number of carbonyl (C=O) groups excluding carboxylic acids is 1. The van der Waals surface area contributed by atoms with Crippen molar-refractivity contribution in [2.45, 2.75) is 6.92 Å². The minimum Gasteiger partial charge on any atom is -0.496 e. The molecular weight excluding hydrogens is 306 g/mol.